The number of aromatic nitrogens is 2. The molecule has 1 heterocycles. The monoisotopic (exact) mass is 319 g/mol. The van der Waals surface area contributed by atoms with Gasteiger partial charge < -0.3 is 9.67 Å². The molecule has 0 amide bonds. The molecule has 1 aliphatic carbocycles. The molecule has 0 aliphatic heterocycles. The van der Waals surface area contributed by atoms with Crippen molar-refractivity contribution >= 4 is 22.9 Å². The number of aromatic hydroxyl groups is 1. The second-order valence-electron chi connectivity index (χ2n) is 6.43. The van der Waals surface area contributed by atoms with Gasteiger partial charge in [-0.05, 0) is 43.2 Å². The lowest BCUT2D eigenvalue weighted by molar-refractivity contribution is 0.359. The van der Waals surface area contributed by atoms with E-state index in [-0.39, 0.29) is 5.75 Å². The first kappa shape index (κ1) is 14.9. The highest BCUT2D eigenvalue weighted by Crippen LogP contribution is 2.31. The molecule has 0 radical (unpaired) electrons. The second kappa shape index (κ2) is 6.48. The molecular formula is C20H21N3O. The molecule has 0 atom stereocenters. The Morgan fingerprint density at radius 2 is 1.92 bits per heavy atom. The van der Waals surface area contributed by atoms with Gasteiger partial charge in [-0.2, -0.15) is 0 Å². The van der Waals surface area contributed by atoms with Crippen LogP contribution >= 0.6 is 0 Å². The van der Waals surface area contributed by atoms with Gasteiger partial charge >= 0.3 is 0 Å². The van der Waals surface area contributed by atoms with Gasteiger partial charge in [0.05, 0.1) is 23.0 Å². The number of nitrogens with zero attached hydrogens (tertiary/aromatic N) is 3. The fraction of sp³-hybridized carbons (Fsp3) is 0.300. The highest BCUT2D eigenvalue weighted by atomic mass is 16.3. The van der Waals surface area contributed by atoms with Crippen LogP contribution in [0.4, 0.5) is 5.69 Å². The van der Waals surface area contributed by atoms with Gasteiger partial charge in [-0.15, -0.1) is 0 Å². The van der Waals surface area contributed by atoms with E-state index in [4.69, 9.17) is 0 Å². The molecule has 1 aromatic heterocycles. The highest BCUT2D eigenvalue weighted by molar-refractivity contribution is 5.86. The van der Waals surface area contributed by atoms with Gasteiger partial charge in [-0.1, -0.05) is 31.4 Å². The summed E-state index contributed by atoms with van der Waals surface area (Å²) >= 11 is 0. The van der Waals surface area contributed by atoms with E-state index in [1.165, 1.54) is 37.6 Å². The average Bonchev–Trinajstić information content (AvgIpc) is 3.05. The zero-order valence-corrected chi connectivity index (χ0v) is 13.6. The summed E-state index contributed by atoms with van der Waals surface area (Å²) in [4.78, 5) is 9.04. The van der Waals surface area contributed by atoms with Crippen molar-refractivity contribution in [3.05, 3.63) is 54.4 Å². The lowest BCUT2D eigenvalue weighted by Crippen LogP contribution is -2.11. The zero-order valence-electron chi connectivity index (χ0n) is 13.6. The minimum Gasteiger partial charge on any atom is -0.507 e. The summed E-state index contributed by atoms with van der Waals surface area (Å²) in [7, 11) is 0. The molecule has 1 aliphatic rings. The lowest BCUT2D eigenvalue weighted by atomic mass is 9.95. The van der Waals surface area contributed by atoms with E-state index in [0.717, 1.165) is 11.2 Å². The molecule has 0 unspecified atom stereocenters. The molecule has 2 aromatic carbocycles. The van der Waals surface area contributed by atoms with Crippen LogP contribution in [0.25, 0.3) is 11.0 Å². The Bertz CT molecular complexity index is 875. The molecule has 24 heavy (non-hydrogen) atoms. The first-order valence-electron chi connectivity index (χ1n) is 8.60. The second-order valence-corrected chi connectivity index (χ2v) is 6.43. The highest BCUT2D eigenvalue weighted by Gasteiger charge is 2.17. The molecule has 1 fully saturated rings. The molecule has 1 N–H and O–H groups in total. The van der Waals surface area contributed by atoms with E-state index >= 15 is 0 Å². The van der Waals surface area contributed by atoms with Crippen LogP contribution in [-0.4, -0.2) is 20.9 Å². The fourth-order valence-electron chi connectivity index (χ4n) is 3.49. The topological polar surface area (TPSA) is 50.4 Å². The third kappa shape index (κ3) is 2.92. The molecule has 0 saturated heterocycles. The number of hydrogen-bond acceptors (Lipinski definition) is 3. The average molecular weight is 319 g/mol. The molecule has 122 valence electrons. The van der Waals surface area contributed by atoms with E-state index < -0.39 is 0 Å². The van der Waals surface area contributed by atoms with Crippen molar-refractivity contribution in [1.82, 2.24) is 9.55 Å². The smallest absolute Gasteiger partial charge is 0.124 e. The van der Waals surface area contributed by atoms with Gasteiger partial charge in [-0.25, -0.2) is 4.98 Å². The summed E-state index contributed by atoms with van der Waals surface area (Å²) in [5.74, 6) is 0.240. The standard InChI is InChI=1S/C20H21N3O/c24-20-9-5-4-6-15(20)13-21-16-10-11-19-18(12-16)22-14-23(19)17-7-2-1-3-8-17/h4-6,9-14,17,24H,1-3,7-8H2. The van der Waals surface area contributed by atoms with Gasteiger partial charge in [0.25, 0.3) is 0 Å². The van der Waals surface area contributed by atoms with Gasteiger partial charge in [-0.3, -0.25) is 4.99 Å². The third-order valence-electron chi connectivity index (χ3n) is 4.82. The van der Waals surface area contributed by atoms with Gasteiger partial charge in [0, 0.05) is 17.8 Å². The summed E-state index contributed by atoms with van der Waals surface area (Å²) in [6.07, 6.45) is 10.1. The molecule has 0 spiro atoms. The van der Waals surface area contributed by atoms with Crippen molar-refractivity contribution in [3.63, 3.8) is 0 Å². The minimum absolute atomic E-state index is 0.240. The van der Waals surface area contributed by atoms with Crippen LogP contribution < -0.4 is 0 Å². The van der Waals surface area contributed by atoms with Crippen LogP contribution in [0.3, 0.4) is 0 Å². The van der Waals surface area contributed by atoms with Crippen molar-refractivity contribution in [2.45, 2.75) is 38.1 Å². The number of hydrogen-bond donors (Lipinski definition) is 1. The number of para-hydroxylation sites is 1. The van der Waals surface area contributed by atoms with Crippen LogP contribution in [0.15, 0.2) is 53.8 Å². The van der Waals surface area contributed by atoms with E-state index in [9.17, 15) is 5.11 Å². The predicted octanol–water partition coefficient (Wildman–Crippen LogP) is 5.00. The Balaban J connectivity index is 1.61. The van der Waals surface area contributed by atoms with Gasteiger partial charge in [0.1, 0.15) is 5.75 Å². The van der Waals surface area contributed by atoms with Crippen LogP contribution in [0.5, 0.6) is 5.75 Å². The maximum atomic E-state index is 9.80. The number of fused-ring (bicyclic) bond motifs is 1. The van der Waals surface area contributed by atoms with E-state index in [1.807, 2.05) is 30.6 Å². The maximum absolute atomic E-state index is 9.80. The summed E-state index contributed by atoms with van der Waals surface area (Å²) in [5, 5.41) is 9.80. The summed E-state index contributed by atoms with van der Waals surface area (Å²) in [5.41, 5.74) is 3.72. The zero-order chi connectivity index (χ0) is 16.4. The molecule has 4 rings (SSSR count). The summed E-state index contributed by atoms with van der Waals surface area (Å²) in [6, 6.07) is 13.9. The number of aliphatic imine (C=N–C) groups is 1. The Morgan fingerprint density at radius 1 is 1.08 bits per heavy atom. The van der Waals surface area contributed by atoms with E-state index in [1.54, 1.807) is 18.3 Å². The van der Waals surface area contributed by atoms with Crippen molar-refractivity contribution in [3.8, 4) is 5.75 Å². The fourth-order valence-corrected chi connectivity index (χ4v) is 3.49. The Morgan fingerprint density at radius 3 is 2.75 bits per heavy atom. The van der Waals surface area contributed by atoms with Crippen LogP contribution in [0.2, 0.25) is 0 Å². The van der Waals surface area contributed by atoms with Crippen molar-refractivity contribution in [2.24, 2.45) is 4.99 Å². The molecule has 4 nitrogen and oxygen atoms in total. The first-order valence-corrected chi connectivity index (χ1v) is 8.60. The molecular weight excluding hydrogens is 298 g/mol. The number of benzene rings is 2. The maximum Gasteiger partial charge on any atom is 0.124 e. The Labute approximate surface area is 141 Å². The van der Waals surface area contributed by atoms with Crippen molar-refractivity contribution in [1.29, 1.82) is 0 Å². The van der Waals surface area contributed by atoms with Gasteiger partial charge in [0.15, 0.2) is 0 Å². The number of rotatable bonds is 3. The van der Waals surface area contributed by atoms with Gasteiger partial charge in [0.2, 0.25) is 0 Å². The lowest BCUT2D eigenvalue weighted by Gasteiger charge is -2.23. The van der Waals surface area contributed by atoms with Crippen LogP contribution in [-0.2, 0) is 0 Å². The molecule has 0 bridgehead atoms. The normalized spacial score (nSPS) is 16.2. The molecule has 4 heteroatoms. The van der Waals surface area contributed by atoms with Crippen LogP contribution in [0, 0.1) is 0 Å². The van der Waals surface area contributed by atoms with E-state index in [2.05, 4.69) is 20.6 Å². The molecule has 1 saturated carbocycles. The van der Waals surface area contributed by atoms with Crippen molar-refractivity contribution in [2.75, 3.05) is 0 Å². The Kier molecular flexibility index (Phi) is 4.03. The number of imidazole rings is 1. The predicted molar refractivity (Wildman–Crippen MR) is 97.2 cm³/mol. The summed E-state index contributed by atoms with van der Waals surface area (Å²) in [6.45, 7) is 0. The minimum atomic E-state index is 0.240. The quantitative estimate of drug-likeness (QED) is 0.691. The summed E-state index contributed by atoms with van der Waals surface area (Å²) < 4.78 is 2.32. The largest absolute Gasteiger partial charge is 0.507 e. The number of phenols is 1. The Hall–Kier alpha value is -2.62. The molecule has 3 aromatic rings. The SMILES string of the molecule is Oc1ccccc1C=Nc1ccc2c(c1)ncn2C1CCCCC1. The third-order valence-corrected chi connectivity index (χ3v) is 4.82. The number of phenolic OH excluding ortho intramolecular Hbond substituents is 1. The van der Waals surface area contributed by atoms with Crippen molar-refractivity contribution < 1.29 is 5.11 Å². The first-order chi connectivity index (χ1) is 11.8. The van der Waals surface area contributed by atoms with Crippen LogP contribution in [0.1, 0.15) is 43.7 Å². The van der Waals surface area contributed by atoms with E-state index in [0.29, 0.717) is 11.6 Å².